The Labute approximate surface area is 142 Å². The van der Waals surface area contributed by atoms with Crippen molar-refractivity contribution in [2.24, 2.45) is 0 Å². The Morgan fingerprint density at radius 2 is 2.08 bits per heavy atom. The summed E-state index contributed by atoms with van der Waals surface area (Å²) in [6.07, 6.45) is 0. The van der Waals surface area contributed by atoms with Crippen LogP contribution in [0.3, 0.4) is 0 Å². The molecule has 24 heavy (non-hydrogen) atoms. The summed E-state index contributed by atoms with van der Waals surface area (Å²) < 4.78 is 17.2. The number of methoxy groups -OCH3 is 2. The van der Waals surface area contributed by atoms with Crippen molar-refractivity contribution in [3.63, 3.8) is 0 Å². The van der Waals surface area contributed by atoms with E-state index in [4.69, 9.17) is 19.8 Å². The van der Waals surface area contributed by atoms with E-state index in [2.05, 4.69) is 20.3 Å². The van der Waals surface area contributed by atoms with Crippen molar-refractivity contribution in [3.05, 3.63) is 29.9 Å². The molecule has 10 heteroatoms. The largest absolute Gasteiger partial charge is 0.497 e. The van der Waals surface area contributed by atoms with Crippen LogP contribution in [0.5, 0.6) is 11.5 Å². The topological polar surface area (TPSA) is 114 Å². The maximum Gasteiger partial charge on any atom is 0.237 e. The quantitative estimate of drug-likeness (QED) is 0.524. The third kappa shape index (κ3) is 3.13. The van der Waals surface area contributed by atoms with E-state index in [0.29, 0.717) is 39.9 Å². The van der Waals surface area contributed by atoms with E-state index in [-0.39, 0.29) is 0 Å². The molecule has 0 aliphatic heterocycles. The van der Waals surface area contributed by atoms with Gasteiger partial charge in [-0.15, -0.1) is 10.2 Å². The third-order valence-corrected chi connectivity index (χ3v) is 4.21. The minimum absolute atomic E-state index is 0.431. The molecule has 0 atom stereocenters. The SMILES string of the molecule is COc1ccc(-c2noc(CSc3nnc(C)n3N)n2)c(OC)c1. The first kappa shape index (κ1) is 16.1. The number of hydrogen-bond acceptors (Lipinski definition) is 9. The molecule has 0 fully saturated rings. The number of aryl methyl sites for hydroxylation is 1. The molecule has 0 amide bonds. The van der Waals surface area contributed by atoms with Crippen LogP contribution in [0.15, 0.2) is 27.9 Å². The smallest absolute Gasteiger partial charge is 0.237 e. The lowest BCUT2D eigenvalue weighted by atomic mass is 10.2. The number of nitrogens with zero attached hydrogens (tertiary/aromatic N) is 5. The summed E-state index contributed by atoms with van der Waals surface area (Å²) in [4.78, 5) is 4.38. The van der Waals surface area contributed by atoms with Crippen LogP contribution in [0.1, 0.15) is 11.7 Å². The first-order valence-corrected chi connectivity index (χ1v) is 7.95. The number of hydrogen-bond donors (Lipinski definition) is 1. The molecule has 0 saturated heterocycles. The van der Waals surface area contributed by atoms with Crippen LogP contribution in [0.2, 0.25) is 0 Å². The third-order valence-electron chi connectivity index (χ3n) is 3.28. The average Bonchev–Trinajstić information content (AvgIpc) is 3.20. The van der Waals surface area contributed by atoms with Gasteiger partial charge < -0.3 is 19.8 Å². The van der Waals surface area contributed by atoms with Crippen LogP contribution in [-0.4, -0.2) is 39.2 Å². The molecule has 2 N–H and O–H groups in total. The molecule has 2 heterocycles. The van der Waals surface area contributed by atoms with Crippen molar-refractivity contribution in [1.82, 2.24) is 25.0 Å². The minimum atomic E-state index is 0.431. The van der Waals surface area contributed by atoms with Crippen molar-refractivity contribution in [2.45, 2.75) is 17.8 Å². The van der Waals surface area contributed by atoms with Crippen LogP contribution in [0, 0.1) is 6.92 Å². The van der Waals surface area contributed by atoms with Crippen LogP contribution in [0.25, 0.3) is 11.4 Å². The van der Waals surface area contributed by atoms with Gasteiger partial charge in [0.05, 0.1) is 25.5 Å². The molecule has 0 bridgehead atoms. The summed E-state index contributed by atoms with van der Waals surface area (Å²) in [7, 11) is 3.17. The lowest BCUT2D eigenvalue weighted by Gasteiger charge is -2.07. The summed E-state index contributed by atoms with van der Waals surface area (Å²) >= 11 is 1.36. The van der Waals surface area contributed by atoms with E-state index in [1.54, 1.807) is 27.2 Å². The van der Waals surface area contributed by atoms with Crippen LogP contribution < -0.4 is 15.3 Å². The molecule has 0 unspecified atom stereocenters. The summed E-state index contributed by atoms with van der Waals surface area (Å²) in [6.45, 7) is 1.78. The van der Waals surface area contributed by atoms with E-state index < -0.39 is 0 Å². The van der Waals surface area contributed by atoms with Crippen molar-refractivity contribution >= 4 is 11.8 Å². The fourth-order valence-corrected chi connectivity index (χ4v) is 2.72. The van der Waals surface area contributed by atoms with Crippen molar-refractivity contribution < 1.29 is 14.0 Å². The monoisotopic (exact) mass is 348 g/mol. The zero-order valence-electron chi connectivity index (χ0n) is 13.4. The number of aromatic nitrogens is 5. The molecule has 0 aliphatic carbocycles. The Hall–Kier alpha value is -2.75. The summed E-state index contributed by atoms with van der Waals surface area (Å²) in [5.41, 5.74) is 0.719. The molecule has 9 nitrogen and oxygen atoms in total. The summed E-state index contributed by atoms with van der Waals surface area (Å²) in [5, 5.41) is 12.4. The molecule has 0 radical (unpaired) electrons. The molecule has 3 aromatic rings. The van der Waals surface area contributed by atoms with E-state index in [0.717, 1.165) is 5.56 Å². The fraction of sp³-hybridized carbons (Fsp3) is 0.286. The molecule has 3 rings (SSSR count). The Bertz CT molecular complexity index is 847. The number of ether oxygens (including phenoxy) is 2. The van der Waals surface area contributed by atoms with Gasteiger partial charge in [-0.05, 0) is 19.1 Å². The normalized spacial score (nSPS) is 10.8. The summed E-state index contributed by atoms with van der Waals surface area (Å²) in [5.74, 6) is 9.05. The molecule has 2 aromatic heterocycles. The van der Waals surface area contributed by atoms with Gasteiger partial charge in [-0.2, -0.15) is 4.98 Å². The van der Waals surface area contributed by atoms with E-state index in [1.165, 1.54) is 16.4 Å². The molecule has 1 aromatic carbocycles. The summed E-state index contributed by atoms with van der Waals surface area (Å²) in [6, 6.07) is 5.39. The van der Waals surface area contributed by atoms with Crippen LogP contribution in [-0.2, 0) is 5.75 Å². The Morgan fingerprint density at radius 3 is 2.75 bits per heavy atom. The molecule has 0 saturated carbocycles. The highest BCUT2D eigenvalue weighted by Gasteiger charge is 2.15. The number of rotatable bonds is 6. The van der Waals surface area contributed by atoms with Crippen molar-refractivity contribution in [2.75, 3.05) is 20.1 Å². The van der Waals surface area contributed by atoms with Crippen molar-refractivity contribution in [3.8, 4) is 22.9 Å². The highest BCUT2D eigenvalue weighted by atomic mass is 32.2. The minimum Gasteiger partial charge on any atom is -0.497 e. The first-order chi connectivity index (χ1) is 11.6. The van der Waals surface area contributed by atoms with Gasteiger partial charge in [-0.3, -0.25) is 0 Å². The molecule has 0 spiro atoms. The van der Waals surface area contributed by atoms with Gasteiger partial charge in [0.15, 0.2) is 0 Å². The van der Waals surface area contributed by atoms with Gasteiger partial charge in [0.25, 0.3) is 0 Å². The molecule has 126 valence electrons. The maximum atomic E-state index is 5.80. The molecular formula is C14H16N6O3S. The van der Waals surface area contributed by atoms with Crippen LogP contribution >= 0.6 is 11.8 Å². The van der Waals surface area contributed by atoms with E-state index in [9.17, 15) is 0 Å². The average molecular weight is 348 g/mol. The maximum absolute atomic E-state index is 5.80. The zero-order chi connectivity index (χ0) is 17.1. The standard InChI is InChI=1S/C14H16N6O3S/c1-8-17-18-14(20(8)15)24-7-12-16-13(19-23-12)10-5-4-9(21-2)6-11(10)22-3/h4-6H,7,15H2,1-3H3. The lowest BCUT2D eigenvalue weighted by molar-refractivity contribution is 0.388. The predicted octanol–water partition coefficient (Wildman–Crippen LogP) is 1.66. The second-order valence-corrected chi connectivity index (χ2v) is 5.71. The number of nitrogen functional groups attached to an aromatic ring is 1. The fourth-order valence-electron chi connectivity index (χ4n) is 1.98. The second kappa shape index (κ2) is 6.79. The highest BCUT2D eigenvalue weighted by Crippen LogP contribution is 2.32. The van der Waals surface area contributed by atoms with E-state index in [1.807, 2.05) is 12.1 Å². The second-order valence-electron chi connectivity index (χ2n) is 4.77. The van der Waals surface area contributed by atoms with Crippen molar-refractivity contribution in [1.29, 1.82) is 0 Å². The highest BCUT2D eigenvalue weighted by molar-refractivity contribution is 7.98. The number of thioether (sulfide) groups is 1. The number of nitrogens with two attached hydrogens (primary N) is 1. The van der Waals surface area contributed by atoms with E-state index >= 15 is 0 Å². The van der Waals surface area contributed by atoms with Gasteiger partial charge in [0.2, 0.25) is 16.9 Å². The van der Waals surface area contributed by atoms with Crippen LogP contribution in [0.4, 0.5) is 0 Å². The first-order valence-electron chi connectivity index (χ1n) is 6.97. The Kier molecular flexibility index (Phi) is 4.56. The van der Waals surface area contributed by atoms with Gasteiger partial charge in [0, 0.05) is 6.07 Å². The lowest BCUT2D eigenvalue weighted by Crippen LogP contribution is -2.11. The number of benzene rings is 1. The Balaban J connectivity index is 1.77. The van der Waals surface area contributed by atoms with Gasteiger partial charge in [0.1, 0.15) is 17.3 Å². The molecular weight excluding hydrogens is 332 g/mol. The Morgan fingerprint density at radius 1 is 1.25 bits per heavy atom. The predicted molar refractivity (Wildman–Crippen MR) is 87.3 cm³/mol. The van der Waals surface area contributed by atoms with Gasteiger partial charge in [-0.1, -0.05) is 16.9 Å². The van der Waals surface area contributed by atoms with Gasteiger partial charge >= 0.3 is 0 Å². The molecule has 0 aliphatic rings. The zero-order valence-corrected chi connectivity index (χ0v) is 14.2. The van der Waals surface area contributed by atoms with Gasteiger partial charge in [-0.25, -0.2) is 4.68 Å².